The minimum atomic E-state index is -3.64. The van der Waals surface area contributed by atoms with Gasteiger partial charge in [-0.25, -0.2) is 18.1 Å². The van der Waals surface area contributed by atoms with Gasteiger partial charge in [0.15, 0.2) is 5.69 Å². The highest BCUT2D eigenvalue weighted by Crippen LogP contribution is 2.65. The van der Waals surface area contributed by atoms with Gasteiger partial charge >= 0.3 is 0 Å². The second kappa shape index (κ2) is 4.03. The smallest absolute Gasteiger partial charge is 0.243 e. The molecule has 2 bridgehead atoms. The summed E-state index contributed by atoms with van der Waals surface area (Å²) in [5.41, 5.74) is -0.0335. The zero-order valence-corrected chi connectivity index (χ0v) is 11.7. The molecule has 4 atom stereocenters. The van der Waals surface area contributed by atoms with E-state index in [4.69, 9.17) is 5.26 Å². The van der Waals surface area contributed by atoms with Crippen molar-refractivity contribution >= 4 is 10.0 Å². The first-order chi connectivity index (χ1) is 9.62. The monoisotopic (exact) mass is 289 g/mol. The van der Waals surface area contributed by atoms with E-state index in [-0.39, 0.29) is 16.6 Å². The van der Waals surface area contributed by atoms with Crippen molar-refractivity contribution in [1.82, 2.24) is 9.71 Å². The lowest BCUT2D eigenvalue weighted by Gasteiger charge is -2.11. The Balaban J connectivity index is 1.59. The average Bonchev–Trinajstić information content (AvgIpc) is 2.85. The molecule has 1 heterocycles. The van der Waals surface area contributed by atoms with Gasteiger partial charge in [0.2, 0.25) is 10.0 Å². The van der Waals surface area contributed by atoms with Gasteiger partial charge in [-0.15, -0.1) is 0 Å². The molecule has 0 amide bonds. The van der Waals surface area contributed by atoms with Crippen molar-refractivity contribution in [2.45, 2.75) is 30.2 Å². The molecule has 1 aromatic heterocycles. The molecule has 1 N–H and O–H groups in total. The van der Waals surface area contributed by atoms with Gasteiger partial charge in [-0.1, -0.05) is 0 Å². The first-order valence-corrected chi connectivity index (χ1v) is 8.47. The summed E-state index contributed by atoms with van der Waals surface area (Å²) in [4.78, 5) is 3.83. The van der Waals surface area contributed by atoms with Gasteiger partial charge in [-0.05, 0) is 55.1 Å². The van der Waals surface area contributed by atoms with Crippen LogP contribution in [-0.4, -0.2) is 19.4 Å². The second-order valence-corrected chi connectivity index (χ2v) is 7.78. The Labute approximate surface area is 118 Å². The predicted molar refractivity (Wildman–Crippen MR) is 70.9 cm³/mol. The molecule has 4 unspecified atom stereocenters. The third kappa shape index (κ3) is 1.63. The third-order valence-corrected chi connectivity index (χ3v) is 6.68. The molecule has 0 aliphatic heterocycles. The van der Waals surface area contributed by atoms with Crippen LogP contribution < -0.4 is 4.72 Å². The highest BCUT2D eigenvalue weighted by Gasteiger charge is 2.65. The van der Waals surface area contributed by atoms with E-state index in [2.05, 4.69) is 9.71 Å². The van der Waals surface area contributed by atoms with Crippen LogP contribution in [0.2, 0.25) is 0 Å². The molecule has 0 saturated heterocycles. The number of nitrogens with zero attached hydrogens (tertiary/aromatic N) is 2. The number of rotatable bonds is 3. The second-order valence-electron chi connectivity index (χ2n) is 6.10. The van der Waals surface area contributed by atoms with Crippen LogP contribution in [0.25, 0.3) is 0 Å². The zero-order chi connectivity index (χ0) is 13.9. The van der Waals surface area contributed by atoms with Crippen LogP contribution in [0, 0.1) is 35.0 Å². The van der Waals surface area contributed by atoms with Crippen molar-refractivity contribution < 1.29 is 8.42 Å². The van der Waals surface area contributed by atoms with E-state index in [1.807, 2.05) is 6.07 Å². The Bertz CT molecular complexity index is 693. The number of hydrogen-bond donors (Lipinski definition) is 1. The zero-order valence-electron chi connectivity index (χ0n) is 10.9. The van der Waals surface area contributed by atoms with E-state index >= 15 is 0 Å². The van der Waals surface area contributed by atoms with Crippen molar-refractivity contribution in [2.75, 3.05) is 0 Å². The predicted octanol–water partition coefficient (Wildman–Crippen LogP) is 1.28. The molecule has 20 heavy (non-hydrogen) atoms. The van der Waals surface area contributed by atoms with Crippen LogP contribution >= 0.6 is 0 Å². The summed E-state index contributed by atoms with van der Waals surface area (Å²) in [6.45, 7) is 0. The Kier molecular flexibility index (Phi) is 2.48. The quantitative estimate of drug-likeness (QED) is 0.908. The maximum atomic E-state index is 12.4. The van der Waals surface area contributed by atoms with Gasteiger partial charge < -0.3 is 0 Å². The normalized spacial score (nSPS) is 37.5. The number of aromatic nitrogens is 1. The van der Waals surface area contributed by atoms with Crippen molar-refractivity contribution in [1.29, 1.82) is 5.26 Å². The van der Waals surface area contributed by atoms with Crippen molar-refractivity contribution in [3.8, 4) is 6.07 Å². The van der Waals surface area contributed by atoms with E-state index in [0.29, 0.717) is 23.7 Å². The Morgan fingerprint density at radius 3 is 2.65 bits per heavy atom. The molecule has 3 fully saturated rings. The summed E-state index contributed by atoms with van der Waals surface area (Å²) >= 11 is 0. The fourth-order valence-corrected chi connectivity index (χ4v) is 5.83. The summed E-state index contributed by atoms with van der Waals surface area (Å²) in [6.07, 6.45) is 5.22. The molecule has 104 valence electrons. The van der Waals surface area contributed by atoms with Crippen molar-refractivity contribution in [3.63, 3.8) is 0 Å². The molecule has 0 aromatic carbocycles. The largest absolute Gasteiger partial charge is 0.244 e. The van der Waals surface area contributed by atoms with Crippen LogP contribution in [0.5, 0.6) is 0 Å². The van der Waals surface area contributed by atoms with Gasteiger partial charge in [0.25, 0.3) is 0 Å². The molecule has 0 radical (unpaired) electrons. The molecular formula is C14H15N3O2S. The van der Waals surface area contributed by atoms with E-state index in [1.165, 1.54) is 31.5 Å². The minimum Gasteiger partial charge on any atom is -0.244 e. The third-order valence-electron chi connectivity index (χ3n) is 5.19. The van der Waals surface area contributed by atoms with Crippen LogP contribution in [0.3, 0.4) is 0 Å². The van der Waals surface area contributed by atoms with Crippen molar-refractivity contribution in [2.24, 2.45) is 23.7 Å². The molecule has 5 nitrogen and oxygen atoms in total. The number of nitrogens with one attached hydrogen (secondary N) is 1. The van der Waals surface area contributed by atoms with E-state index in [1.54, 1.807) is 6.07 Å². The topological polar surface area (TPSA) is 82.8 Å². The SMILES string of the molecule is N#Cc1ncccc1S(=O)(=O)NC1C2C3CCC(C3)C12. The van der Waals surface area contributed by atoms with Crippen LogP contribution in [0.15, 0.2) is 23.2 Å². The van der Waals surface area contributed by atoms with Crippen LogP contribution in [-0.2, 0) is 10.0 Å². The highest BCUT2D eigenvalue weighted by molar-refractivity contribution is 7.89. The van der Waals surface area contributed by atoms with Gasteiger partial charge in [-0.3, -0.25) is 0 Å². The van der Waals surface area contributed by atoms with E-state index in [9.17, 15) is 8.42 Å². The molecular weight excluding hydrogens is 274 g/mol. The Morgan fingerprint density at radius 1 is 1.30 bits per heavy atom. The fourth-order valence-electron chi connectivity index (χ4n) is 4.42. The Morgan fingerprint density at radius 2 is 2.00 bits per heavy atom. The lowest BCUT2D eigenvalue weighted by molar-refractivity contribution is 0.456. The number of nitriles is 1. The maximum absolute atomic E-state index is 12.4. The summed E-state index contributed by atoms with van der Waals surface area (Å²) in [5, 5.41) is 8.98. The number of pyridine rings is 1. The van der Waals surface area contributed by atoms with Crippen LogP contribution in [0.1, 0.15) is 25.0 Å². The molecule has 0 spiro atoms. The molecule has 1 aromatic rings. The summed E-state index contributed by atoms with van der Waals surface area (Å²) < 4.78 is 27.7. The molecule has 3 aliphatic rings. The Hall–Kier alpha value is -1.45. The van der Waals surface area contributed by atoms with E-state index in [0.717, 1.165) is 0 Å². The average molecular weight is 289 g/mol. The lowest BCUT2D eigenvalue weighted by Crippen LogP contribution is -2.30. The standard InChI is InChI=1S/C14H15N3O2S/c15-7-10-11(2-1-5-16-10)20(18,19)17-14-12-8-3-4-9(6-8)13(12)14/h1-2,5,8-9,12-14,17H,3-4,6H2. The summed E-state index contributed by atoms with van der Waals surface area (Å²) in [5.74, 6) is 2.49. The molecule has 3 saturated carbocycles. The van der Waals surface area contributed by atoms with E-state index < -0.39 is 10.0 Å². The number of fused-ring (bicyclic) bond motifs is 5. The van der Waals surface area contributed by atoms with Gasteiger partial charge in [-0.2, -0.15) is 5.26 Å². The maximum Gasteiger partial charge on any atom is 0.243 e. The first-order valence-electron chi connectivity index (χ1n) is 6.99. The molecule has 3 aliphatic carbocycles. The number of hydrogen-bond acceptors (Lipinski definition) is 4. The fraction of sp³-hybridized carbons (Fsp3) is 0.571. The summed E-state index contributed by atoms with van der Waals surface area (Å²) in [7, 11) is -3.64. The molecule has 6 heteroatoms. The first kappa shape index (κ1) is 12.3. The minimum absolute atomic E-state index is 0.000166. The van der Waals surface area contributed by atoms with Gasteiger partial charge in [0.05, 0.1) is 0 Å². The van der Waals surface area contributed by atoms with Crippen molar-refractivity contribution in [3.05, 3.63) is 24.0 Å². The number of sulfonamides is 1. The lowest BCUT2D eigenvalue weighted by atomic mass is 10.0. The summed E-state index contributed by atoms with van der Waals surface area (Å²) in [6, 6.07) is 4.92. The van der Waals surface area contributed by atoms with Gasteiger partial charge in [0.1, 0.15) is 11.0 Å². The van der Waals surface area contributed by atoms with Gasteiger partial charge in [0, 0.05) is 12.2 Å². The molecule has 4 rings (SSSR count). The highest BCUT2D eigenvalue weighted by atomic mass is 32.2. The van der Waals surface area contributed by atoms with Crippen LogP contribution in [0.4, 0.5) is 0 Å².